The van der Waals surface area contributed by atoms with Gasteiger partial charge < -0.3 is 20.4 Å². The molecule has 1 rings (SSSR count). The molecule has 1 aliphatic carbocycles. The van der Waals surface area contributed by atoms with Gasteiger partial charge in [0.25, 0.3) is 0 Å². The molecular weight excluding hydrogens is 296 g/mol. The van der Waals surface area contributed by atoms with Crippen molar-refractivity contribution in [3.8, 4) is 0 Å². The molecule has 0 saturated heterocycles. The number of carbonyl (C=O) groups is 4. The number of hydrogen-bond acceptors (Lipinski definition) is 4. The van der Waals surface area contributed by atoms with Crippen molar-refractivity contribution in [3.63, 3.8) is 0 Å². The number of rotatable bonds is 4. The Hall–Kier alpha value is -2.12. The highest BCUT2D eigenvalue weighted by molar-refractivity contribution is 5.75. The van der Waals surface area contributed by atoms with Crippen LogP contribution < -0.4 is 0 Å². The number of carboxylic acid groups (broad SMARTS) is 4. The summed E-state index contributed by atoms with van der Waals surface area (Å²) in [6.45, 7) is 0. The van der Waals surface area contributed by atoms with Gasteiger partial charge in [-0.3, -0.25) is 19.2 Å². The largest absolute Gasteiger partial charge is 0.481 e. The lowest BCUT2D eigenvalue weighted by atomic mass is 9.79. The van der Waals surface area contributed by atoms with Gasteiger partial charge in [-0.1, -0.05) is 0 Å². The first-order valence-corrected chi connectivity index (χ1v) is 7.13. The highest BCUT2D eigenvalue weighted by atomic mass is 16.4. The van der Waals surface area contributed by atoms with E-state index in [2.05, 4.69) is 0 Å². The van der Waals surface area contributed by atoms with Gasteiger partial charge in [-0.2, -0.15) is 0 Å². The van der Waals surface area contributed by atoms with Crippen LogP contribution in [0, 0.1) is 23.7 Å². The molecule has 124 valence electrons. The third-order valence-electron chi connectivity index (χ3n) is 4.26. The quantitative estimate of drug-likeness (QED) is 0.603. The summed E-state index contributed by atoms with van der Waals surface area (Å²) in [5, 5.41) is 36.6. The lowest BCUT2D eigenvalue weighted by Gasteiger charge is -2.25. The van der Waals surface area contributed by atoms with Crippen molar-refractivity contribution in [2.75, 3.05) is 0 Å². The van der Waals surface area contributed by atoms with E-state index in [0.29, 0.717) is 0 Å². The topological polar surface area (TPSA) is 149 Å². The Bertz CT molecular complexity index is 376. The van der Waals surface area contributed by atoms with Crippen LogP contribution in [0.4, 0.5) is 0 Å². The van der Waals surface area contributed by atoms with E-state index in [1.54, 1.807) is 0 Å². The zero-order chi connectivity index (χ0) is 16.9. The Kier molecular flexibility index (Phi) is 6.33. The summed E-state index contributed by atoms with van der Waals surface area (Å²) in [6, 6.07) is 0. The fraction of sp³-hybridized carbons (Fsp3) is 0.714. The maximum atomic E-state index is 11.2. The third-order valence-corrected chi connectivity index (χ3v) is 4.26. The van der Waals surface area contributed by atoms with Crippen molar-refractivity contribution < 1.29 is 39.6 Å². The summed E-state index contributed by atoms with van der Waals surface area (Å²) in [5.74, 6) is -8.30. The van der Waals surface area contributed by atoms with Crippen molar-refractivity contribution in [2.24, 2.45) is 23.7 Å². The summed E-state index contributed by atoms with van der Waals surface area (Å²) in [4.78, 5) is 44.8. The average molecular weight is 316 g/mol. The van der Waals surface area contributed by atoms with Gasteiger partial charge >= 0.3 is 23.9 Å². The molecule has 0 aromatic carbocycles. The second-order valence-electron chi connectivity index (χ2n) is 5.77. The molecule has 1 fully saturated rings. The van der Waals surface area contributed by atoms with Crippen LogP contribution in [0.15, 0.2) is 0 Å². The van der Waals surface area contributed by atoms with Crippen LogP contribution in [0.2, 0.25) is 0 Å². The monoisotopic (exact) mass is 316 g/mol. The van der Waals surface area contributed by atoms with E-state index < -0.39 is 47.5 Å². The normalized spacial score (nSPS) is 30.2. The summed E-state index contributed by atoms with van der Waals surface area (Å²) < 4.78 is 0. The van der Waals surface area contributed by atoms with Crippen LogP contribution >= 0.6 is 0 Å². The van der Waals surface area contributed by atoms with E-state index in [9.17, 15) is 19.2 Å². The molecule has 0 spiro atoms. The van der Waals surface area contributed by atoms with E-state index >= 15 is 0 Å². The molecule has 0 aromatic heterocycles. The summed E-state index contributed by atoms with van der Waals surface area (Å²) in [7, 11) is 0. The van der Waals surface area contributed by atoms with Crippen molar-refractivity contribution in [1.29, 1.82) is 0 Å². The molecule has 0 bridgehead atoms. The minimum Gasteiger partial charge on any atom is -0.481 e. The lowest BCUT2D eigenvalue weighted by molar-refractivity contribution is -0.151. The van der Waals surface area contributed by atoms with Crippen molar-refractivity contribution >= 4 is 23.9 Å². The predicted octanol–water partition coefficient (Wildman–Crippen LogP) is 1.14. The highest BCUT2D eigenvalue weighted by Gasteiger charge is 2.34. The lowest BCUT2D eigenvalue weighted by Crippen LogP contribution is -2.29. The number of carboxylic acids is 4. The number of hydrogen-bond donors (Lipinski definition) is 4. The molecule has 0 amide bonds. The van der Waals surface area contributed by atoms with Crippen LogP contribution in [-0.2, 0) is 19.2 Å². The fourth-order valence-electron chi connectivity index (χ4n) is 2.86. The van der Waals surface area contributed by atoms with Gasteiger partial charge in [0.15, 0.2) is 0 Å². The van der Waals surface area contributed by atoms with Crippen LogP contribution in [0.3, 0.4) is 0 Å². The van der Waals surface area contributed by atoms with E-state index in [1.807, 2.05) is 0 Å². The van der Waals surface area contributed by atoms with Gasteiger partial charge in [-0.15, -0.1) is 0 Å². The predicted molar refractivity (Wildman–Crippen MR) is 72.2 cm³/mol. The first-order chi connectivity index (χ1) is 10.2. The Morgan fingerprint density at radius 2 is 0.682 bits per heavy atom. The summed E-state index contributed by atoms with van der Waals surface area (Å²) in [5.41, 5.74) is 0. The van der Waals surface area contributed by atoms with E-state index in [0.717, 1.165) is 0 Å². The standard InChI is InChI=1S/C14H20O8/c15-11(16)7-1-2-8(12(17)18)6-10(14(21)22)4-3-9(5-7)13(19)20/h7-10H,1-6H2,(H,15,16)(H,17,18)(H,19,20)(H,21,22). The van der Waals surface area contributed by atoms with Gasteiger partial charge in [-0.05, 0) is 38.5 Å². The van der Waals surface area contributed by atoms with Gasteiger partial charge in [0.2, 0.25) is 0 Å². The molecule has 1 aliphatic rings. The summed E-state index contributed by atoms with van der Waals surface area (Å²) >= 11 is 0. The molecule has 8 heteroatoms. The van der Waals surface area contributed by atoms with Crippen molar-refractivity contribution in [1.82, 2.24) is 0 Å². The van der Waals surface area contributed by atoms with Crippen LogP contribution in [0.25, 0.3) is 0 Å². The molecule has 0 radical (unpaired) electrons. The van der Waals surface area contributed by atoms with Crippen LogP contribution in [-0.4, -0.2) is 44.3 Å². The molecule has 1 saturated carbocycles. The fourth-order valence-corrected chi connectivity index (χ4v) is 2.86. The third kappa shape index (κ3) is 5.01. The second-order valence-corrected chi connectivity index (χ2v) is 5.77. The first-order valence-electron chi connectivity index (χ1n) is 7.13. The zero-order valence-corrected chi connectivity index (χ0v) is 12.0. The van der Waals surface area contributed by atoms with Gasteiger partial charge in [0.05, 0.1) is 23.7 Å². The smallest absolute Gasteiger partial charge is 0.306 e. The zero-order valence-electron chi connectivity index (χ0n) is 12.0. The molecule has 22 heavy (non-hydrogen) atoms. The van der Waals surface area contributed by atoms with E-state index in [1.165, 1.54) is 0 Å². The SMILES string of the molecule is O=C(O)C1CCC(C(=O)O)CC(C(=O)O)CCC(C(=O)O)C1. The Morgan fingerprint density at radius 3 is 0.818 bits per heavy atom. The molecule has 0 aliphatic heterocycles. The molecule has 8 nitrogen and oxygen atoms in total. The number of aliphatic carboxylic acids is 4. The molecule has 0 aromatic rings. The molecular formula is C14H20O8. The molecule has 4 unspecified atom stereocenters. The maximum absolute atomic E-state index is 11.2. The van der Waals surface area contributed by atoms with E-state index in [-0.39, 0.29) is 38.5 Å². The highest BCUT2D eigenvalue weighted by Crippen LogP contribution is 2.31. The van der Waals surface area contributed by atoms with Crippen LogP contribution in [0.5, 0.6) is 0 Å². The average Bonchev–Trinajstić information content (AvgIpc) is 2.41. The minimum absolute atomic E-state index is 0.0302. The van der Waals surface area contributed by atoms with Gasteiger partial charge in [0.1, 0.15) is 0 Å². The molecule has 4 atom stereocenters. The van der Waals surface area contributed by atoms with E-state index in [4.69, 9.17) is 20.4 Å². The Labute approximate surface area is 126 Å². The second kappa shape index (κ2) is 7.77. The minimum atomic E-state index is -1.15. The molecule has 4 N–H and O–H groups in total. The van der Waals surface area contributed by atoms with Crippen LogP contribution in [0.1, 0.15) is 38.5 Å². The Balaban J connectivity index is 2.97. The van der Waals surface area contributed by atoms with Crippen molar-refractivity contribution in [3.05, 3.63) is 0 Å². The maximum Gasteiger partial charge on any atom is 0.306 e. The first kappa shape index (κ1) is 17.9. The van der Waals surface area contributed by atoms with Gasteiger partial charge in [0, 0.05) is 0 Å². The Morgan fingerprint density at radius 1 is 0.500 bits per heavy atom. The summed E-state index contributed by atoms with van der Waals surface area (Å²) in [6.07, 6.45) is -0.0949. The van der Waals surface area contributed by atoms with Gasteiger partial charge in [-0.25, -0.2) is 0 Å². The molecule has 0 heterocycles. The van der Waals surface area contributed by atoms with Crippen molar-refractivity contribution in [2.45, 2.75) is 38.5 Å².